The van der Waals surface area contributed by atoms with Gasteiger partial charge in [0.1, 0.15) is 12.4 Å². The number of aliphatic hydroxyl groups is 1. The molecule has 0 fully saturated rings. The van der Waals surface area contributed by atoms with Crippen LogP contribution in [0.3, 0.4) is 0 Å². The monoisotopic (exact) mass is 230 g/mol. The SMILES string of the molecule is [2H]C([2H])(O)Cc1ccc(OCc2ccccc2)cc1. The highest BCUT2D eigenvalue weighted by molar-refractivity contribution is 5.27. The molecule has 0 saturated heterocycles. The molecule has 0 aromatic heterocycles. The lowest BCUT2D eigenvalue weighted by Crippen LogP contribution is -1.95. The van der Waals surface area contributed by atoms with Crippen LogP contribution in [0.2, 0.25) is 0 Å². The van der Waals surface area contributed by atoms with Crippen molar-refractivity contribution >= 4 is 0 Å². The van der Waals surface area contributed by atoms with E-state index in [1.165, 1.54) is 0 Å². The molecule has 2 rings (SSSR count). The Bertz CT molecular complexity index is 504. The van der Waals surface area contributed by atoms with Crippen molar-refractivity contribution in [1.82, 2.24) is 0 Å². The van der Waals surface area contributed by atoms with Crippen LogP contribution in [-0.2, 0) is 13.0 Å². The number of benzene rings is 2. The van der Waals surface area contributed by atoms with E-state index in [1.54, 1.807) is 24.3 Å². The zero-order valence-electron chi connectivity index (χ0n) is 11.5. The van der Waals surface area contributed by atoms with E-state index in [0.29, 0.717) is 6.61 Å². The largest absolute Gasteiger partial charge is 0.489 e. The van der Waals surface area contributed by atoms with Gasteiger partial charge >= 0.3 is 0 Å². The minimum Gasteiger partial charge on any atom is -0.489 e. The van der Waals surface area contributed by atoms with Crippen molar-refractivity contribution < 1.29 is 12.6 Å². The van der Waals surface area contributed by atoms with Gasteiger partial charge in [0, 0.05) is 6.56 Å². The lowest BCUT2D eigenvalue weighted by molar-refractivity contribution is 0.298. The summed E-state index contributed by atoms with van der Waals surface area (Å²) in [4.78, 5) is 0. The molecule has 0 bridgehead atoms. The molecule has 2 heteroatoms. The van der Waals surface area contributed by atoms with E-state index >= 15 is 0 Å². The Kier molecular flexibility index (Phi) is 3.30. The first-order valence-electron chi connectivity index (χ1n) is 6.51. The number of ether oxygens (including phenoxy) is 1. The number of hydrogen-bond donors (Lipinski definition) is 1. The average Bonchev–Trinajstić information content (AvgIpc) is 2.37. The summed E-state index contributed by atoms with van der Waals surface area (Å²) in [7, 11) is 0. The summed E-state index contributed by atoms with van der Waals surface area (Å²) in [6.45, 7) is -1.67. The fourth-order valence-corrected chi connectivity index (χ4v) is 1.54. The van der Waals surface area contributed by atoms with Crippen LogP contribution in [0.1, 0.15) is 13.9 Å². The van der Waals surface area contributed by atoms with Gasteiger partial charge in [-0.2, -0.15) is 0 Å². The van der Waals surface area contributed by atoms with Crippen molar-refractivity contribution in [3.63, 3.8) is 0 Å². The van der Waals surface area contributed by atoms with E-state index in [9.17, 15) is 0 Å². The van der Waals surface area contributed by atoms with Gasteiger partial charge in [-0.05, 0) is 29.7 Å². The fraction of sp³-hybridized carbons (Fsp3) is 0.200. The highest BCUT2D eigenvalue weighted by Crippen LogP contribution is 2.14. The van der Waals surface area contributed by atoms with Crippen LogP contribution in [0.5, 0.6) is 5.75 Å². The molecule has 0 spiro atoms. The van der Waals surface area contributed by atoms with Crippen molar-refractivity contribution in [2.75, 3.05) is 6.56 Å². The average molecular weight is 230 g/mol. The first-order chi connectivity index (χ1) is 9.03. The summed E-state index contributed by atoms with van der Waals surface area (Å²) in [6.07, 6.45) is -0.0219. The summed E-state index contributed by atoms with van der Waals surface area (Å²) >= 11 is 0. The number of aryl methyl sites for hydroxylation is 1. The Labute approximate surface area is 104 Å². The van der Waals surface area contributed by atoms with Crippen LogP contribution in [0.4, 0.5) is 0 Å². The minimum absolute atomic E-state index is 0.0219. The third-order valence-corrected chi connectivity index (χ3v) is 2.45. The third kappa shape index (κ3) is 3.61. The van der Waals surface area contributed by atoms with Crippen LogP contribution in [0.25, 0.3) is 0 Å². The van der Waals surface area contributed by atoms with E-state index < -0.39 is 6.56 Å². The molecule has 0 saturated carbocycles. The molecule has 2 aromatic carbocycles. The van der Waals surface area contributed by atoms with Gasteiger partial charge in [0.05, 0.1) is 2.74 Å². The summed E-state index contributed by atoms with van der Waals surface area (Å²) in [5.41, 5.74) is 1.83. The Hall–Kier alpha value is -1.80. The Morgan fingerprint density at radius 3 is 2.29 bits per heavy atom. The van der Waals surface area contributed by atoms with Crippen LogP contribution < -0.4 is 4.74 Å². The normalized spacial score (nSPS) is 12.8. The molecular weight excluding hydrogens is 212 g/mol. The minimum atomic E-state index is -2.17. The highest BCUT2D eigenvalue weighted by Gasteiger charge is 1.96. The third-order valence-electron chi connectivity index (χ3n) is 2.45. The molecule has 2 aromatic rings. The molecule has 0 radical (unpaired) electrons. The van der Waals surface area contributed by atoms with Gasteiger partial charge in [0.2, 0.25) is 0 Å². The van der Waals surface area contributed by atoms with E-state index in [-0.39, 0.29) is 6.42 Å². The molecule has 2 nitrogen and oxygen atoms in total. The van der Waals surface area contributed by atoms with Crippen molar-refractivity contribution in [2.45, 2.75) is 13.0 Å². The van der Waals surface area contributed by atoms with E-state index in [4.69, 9.17) is 12.6 Å². The first kappa shape index (κ1) is 9.25. The number of rotatable bonds is 5. The zero-order chi connectivity index (χ0) is 13.7. The summed E-state index contributed by atoms with van der Waals surface area (Å²) in [5, 5.41) is 9.09. The van der Waals surface area contributed by atoms with Crippen LogP contribution in [0.15, 0.2) is 54.6 Å². The second kappa shape index (κ2) is 6.06. The van der Waals surface area contributed by atoms with Gasteiger partial charge in [0.25, 0.3) is 0 Å². The molecule has 0 unspecified atom stereocenters. The van der Waals surface area contributed by atoms with Crippen LogP contribution >= 0.6 is 0 Å². The van der Waals surface area contributed by atoms with Crippen molar-refractivity contribution in [3.05, 3.63) is 65.7 Å². The first-order valence-corrected chi connectivity index (χ1v) is 5.51. The quantitative estimate of drug-likeness (QED) is 0.855. The molecule has 88 valence electrons. The summed E-state index contributed by atoms with van der Waals surface area (Å²) in [6, 6.07) is 17.0. The molecule has 0 aliphatic rings. The smallest absolute Gasteiger partial charge is 0.119 e. The maximum Gasteiger partial charge on any atom is 0.119 e. The summed E-state index contributed by atoms with van der Waals surface area (Å²) in [5.74, 6) is 0.728. The van der Waals surface area contributed by atoms with Gasteiger partial charge in [-0.1, -0.05) is 42.5 Å². The van der Waals surface area contributed by atoms with E-state index in [2.05, 4.69) is 0 Å². The molecule has 0 atom stereocenters. The standard InChI is InChI=1S/C15H16O2/c16-11-10-13-6-8-15(9-7-13)17-12-14-4-2-1-3-5-14/h1-9,16H,10-12H2/i11D2. The Morgan fingerprint density at radius 2 is 1.65 bits per heavy atom. The van der Waals surface area contributed by atoms with Gasteiger partial charge in [-0.25, -0.2) is 0 Å². The molecule has 0 heterocycles. The molecule has 0 amide bonds. The Morgan fingerprint density at radius 1 is 0.941 bits per heavy atom. The van der Waals surface area contributed by atoms with Gasteiger partial charge < -0.3 is 9.84 Å². The van der Waals surface area contributed by atoms with Gasteiger partial charge in [-0.15, -0.1) is 0 Å². The second-order valence-electron chi connectivity index (χ2n) is 3.75. The molecule has 0 aliphatic carbocycles. The molecule has 17 heavy (non-hydrogen) atoms. The maximum absolute atomic E-state index is 9.09. The van der Waals surface area contributed by atoms with Crippen molar-refractivity contribution in [3.8, 4) is 5.75 Å². The van der Waals surface area contributed by atoms with Crippen molar-refractivity contribution in [1.29, 1.82) is 0 Å². The van der Waals surface area contributed by atoms with E-state index in [1.807, 2.05) is 30.3 Å². The molecular formula is C15H16O2. The zero-order valence-corrected chi connectivity index (χ0v) is 9.47. The maximum atomic E-state index is 9.09. The fourth-order valence-electron chi connectivity index (χ4n) is 1.54. The predicted octanol–water partition coefficient (Wildman–Crippen LogP) is 2.80. The second-order valence-corrected chi connectivity index (χ2v) is 3.75. The highest BCUT2D eigenvalue weighted by atomic mass is 16.5. The van der Waals surface area contributed by atoms with Gasteiger partial charge in [0.15, 0.2) is 0 Å². The van der Waals surface area contributed by atoms with Crippen LogP contribution in [-0.4, -0.2) is 11.7 Å². The van der Waals surface area contributed by atoms with Gasteiger partial charge in [-0.3, -0.25) is 0 Å². The molecule has 1 N–H and O–H groups in total. The topological polar surface area (TPSA) is 29.5 Å². The summed E-state index contributed by atoms with van der Waals surface area (Å²) < 4.78 is 19.8. The Balaban J connectivity index is 1.92. The van der Waals surface area contributed by atoms with Crippen molar-refractivity contribution in [2.24, 2.45) is 0 Å². The lowest BCUT2D eigenvalue weighted by Gasteiger charge is -2.06. The van der Waals surface area contributed by atoms with Crippen LogP contribution in [0, 0.1) is 0 Å². The predicted molar refractivity (Wildman–Crippen MR) is 68.0 cm³/mol. The number of hydrogen-bond acceptors (Lipinski definition) is 2. The van der Waals surface area contributed by atoms with E-state index in [0.717, 1.165) is 16.9 Å². The lowest BCUT2D eigenvalue weighted by atomic mass is 10.1. The molecule has 0 aliphatic heterocycles.